The number of hydrogen-bond acceptors (Lipinski definition) is 2. The van der Waals surface area contributed by atoms with E-state index in [4.69, 9.17) is 4.74 Å². The third-order valence-electron chi connectivity index (χ3n) is 4.40. The van der Waals surface area contributed by atoms with E-state index in [1.54, 1.807) is 0 Å². The Bertz CT molecular complexity index is 832. The quantitative estimate of drug-likeness (QED) is 0.428. The smallest absolute Gasteiger partial charge is 0.0721 e. The molecule has 2 nitrogen and oxygen atoms in total. The number of anilines is 3. The Labute approximate surface area is 162 Å². The Morgan fingerprint density at radius 1 is 0.741 bits per heavy atom. The van der Waals surface area contributed by atoms with E-state index in [9.17, 15) is 0 Å². The maximum Gasteiger partial charge on any atom is 0.0721 e. The summed E-state index contributed by atoms with van der Waals surface area (Å²) >= 11 is 0. The lowest BCUT2D eigenvalue weighted by atomic mass is 10.1. The van der Waals surface area contributed by atoms with Gasteiger partial charge in [-0.15, -0.1) is 0 Å². The first kappa shape index (κ1) is 18.9. The zero-order valence-corrected chi connectivity index (χ0v) is 16.4. The molecule has 3 aromatic rings. The maximum atomic E-state index is 5.66. The molecule has 0 heterocycles. The molecule has 2 heteroatoms. The van der Waals surface area contributed by atoms with Crippen LogP contribution in [0.1, 0.15) is 23.6 Å². The van der Waals surface area contributed by atoms with Crippen LogP contribution in [0.3, 0.4) is 0 Å². The van der Waals surface area contributed by atoms with Gasteiger partial charge in [-0.2, -0.15) is 0 Å². The van der Waals surface area contributed by atoms with Crippen LogP contribution in [-0.2, 0) is 11.3 Å². The first-order chi connectivity index (χ1) is 13.0. The third-order valence-corrected chi connectivity index (χ3v) is 4.40. The number of nitrogens with zero attached hydrogens (tertiary/aromatic N) is 1. The van der Waals surface area contributed by atoms with Crippen molar-refractivity contribution in [3.63, 3.8) is 0 Å². The summed E-state index contributed by atoms with van der Waals surface area (Å²) < 4.78 is 5.66. The Morgan fingerprint density at radius 2 is 1.15 bits per heavy atom. The molecule has 0 aliphatic rings. The number of rotatable bonds is 7. The van der Waals surface area contributed by atoms with E-state index in [1.807, 2.05) is 6.92 Å². The predicted octanol–water partition coefficient (Wildman–Crippen LogP) is 6.87. The highest BCUT2D eigenvalue weighted by Gasteiger charge is 2.12. The number of hydrogen-bond donors (Lipinski definition) is 0. The predicted molar refractivity (Wildman–Crippen MR) is 115 cm³/mol. The summed E-state index contributed by atoms with van der Waals surface area (Å²) in [5, 5.41) is 0. The SMILES string of the molecule is C=C(C)COCc1ccc(N(c2ccc(C)cc2)c2ccc(C)cc2)cc1. The zero-order valence-electron chi connectivity index (χ0n) is 16.4. The zero-order chi connectivity index (χ0) is 19.2. The van der Waals surface area contributed by atoms with E-state index in [1.165, 1.54) is 11.1 Å². The molecule has 0 aliphatic heterocycles. The monoisotopic (exact) mass is 357 g/mol. The topological polar surface area (TPSA) is 12.5 Å². The van der Waals surface area contributed by atoms with Crippen LogP contribution in [0.4, 0.5) is 17.1 Å². The van der Waals surface area contributed by atoms with Gasteiger partial charge in [0, 0.05) is 17.1 Å². The highest BCUT2D eigenvalue weighted by Crippen LogP contribution is 2.34. The van der Waals surface area contributed by atoms with Gasteiger partial charge >= 0.3 is 0 Å². The van der Waals surface area contributed by atoms with Crippen LogP contribution in [0, 0.1) is 13.8 Å². The van der Waals surface area contributed by atoms with Crippen molar-refractivity contribution in [1.29, 1.82) is 0 Å². The molecule has 138 valence electrons. The summed E-state index contributed by atoms with van der Waals surface area (Å²) in [4.78, 5) is 2.28. The molecule has 0 saturated carbocycles. The average molecular weight is 357 g/mol. The number of benzene rings is 3. The van der Waals surface area contributed by atoms with E-state index in [2.05, 4.69) is 98.1 Å². The van der Waals surface area contributed by atoms with Gasteiger partial charge in [0.15, 0.2) is 0 Å². The fourth-order valence-electron chi connectivity index (χ4n) is 2.92. The number of ether oxygens (including phenoxy) is 1. The maximum absolute atomic E-state index is 5.66. The standard InChI is InChI=1S/C25H27NO/c1-19(2)17-27-18-22-9-15-25(16-10-22)26(23-11-5-20(3)6-12-23)24-13-7-21(4)8-14-24/h5-16H,1,17-18H2,2-4H3. The van der Waals surface area contributed by atoms with Gasteiger partial charge in [0.25, 0.3) is 0 Å². The van der Waals surface area contributed by atoms with Gasteiger partial charge in [0.1, 0.15) is 0 Å². The summed E-state index contributed by atoms with van der Waals surface area (Å²) in [6.45, 7) is 11.3. The van der Waals surface area contributed by atoms with Gasteiger partial charge in [-0.3, -0.25) is 0 Å². The van der Waals surface area contributed by atoms with Gasteiger partial charge in [0.2, 0.25) is 0 Å². The summed E-state index contributed by atoms with van der Waals surface area (Å²) in [5.41, 5.74) is 8.14. The van der Waals surface area contributed by atoms with Crippen LogP contribution in [0.2, 0.25) is 0 Å². The Kier molecular flexibility index (Phi) is 6.10. The second kappa shape index (κ2) is 8.70. The molecule has 0 amide bonds. The van der Waals surface area contributed by atoms with E-state index in [-0.39, 0.29) is 0 Å². The average Bonchev–Trinajstić information content (AvgIpc) is 2.66. The fourth-order valence-corrected chi connectivity index (χ4v) is 2.92. The molecule has 0 atom stereocenters. The summed E-state index contributed by atoms with van der Waals surface area (Å²) in [6, 6.07) is 25.8. The molecular weight excluding hydrogens is 330 g/mol. The van der Waals surface area contributed by atoms with E-state index in [0.29, 0.717) is 13.2 Å². The third kappa shape index (κ3) is 5.08. The first-order valence-corrected chi connectivity index (χ1v) is 9.27. The molecule has 0 N–H and O–H groups in total. The van der Waals surface area contributed by atoms with Crippen molar-refractivity contribution in [3.05, 3.63) is 102 Å². The van der Waals surface area contributed by atoms with E-state index in [0.717, 1.165) is 28.2 Å². The van der Waals surface area contributed by atoms with Crippen LogP contribution >= 0.6 is 0 Å². The van der Waals surface area contributed by atoms with Gasteiger partial charge in [-0.25, -0.2) is 0 Å². The Morgan fingerprint density at radius 3 is 1.56 bits per heavy atom. The Balaban J connectivity index is 1.89. The molecule has 0 fully saturated rings. The molecule has 0 spiro atoms. The lowest BCUT2D eigenvalue weighted by molar-refractivity contribution is 0.143. The molecule has 3 aromatic carbocycles. The minimum absolute atomic E-state index is 0.598. The first-order valence-electron chi connectivity index (χ1n) is 9.27. The highest BCUT2D eigenvalue weighted by atomic mass is 16.5. The van der Waals surface area contributed by atoms with E-state index >= 15 is 0 Å². The van der Waals surface area contributed by atoms with Crippen molar-refractivity contribution in [2.75, 3.05) is 11.5 Å². The van der Waals surface area contributed by atoms with E-state index < -0.39 is 0 Å². The van der Waals surface area contributed by atoms with Crippen molar-refractivity contribution in [1.82, 2.24) is 0 Å². The van der Waals surface area contributed by atoms with Gasteiger partial charge < -0.3 is 9.64 Å². The minimum atomic E-state index is 0.598. The molecule has 0 aliphatic carbocycles. The minimum Gasteiger partial charge on any atom is -0.372 e. The fraction of sp³-hybridized carbons (Fsp3) is 0.200. The van der Waals surface area contributed by atoms with Crippen molar-refractivity contribution in [2.24, 2.45) is 0 Å². The highest BCUT2D eigenvalue weighted by molar-refractivity contribution is 5.76. The van der Waals surface area contributed by atoms with Crippen molar-refractivity contribution in [2.45, 2.75) is 27.4 Å². The molecule has 27 heavy (non-hydrogen) atoms. The molecule has 0 aromatic heterocycles. The van der Waals surface area contributed by atoms with Gasteiger partial charge in [-0.1, -0.05) is 59.7 Å². The van der Waals surface area contributed by atoms with Crippen molar-refractivity contribution >= 4 is 17.1 Å². The summed E-state index contributed by atoms with van der Waals surface area (Å²) in [6.07, 6.45) is 0. The molecule has 0 unspecified atom stereocenters. The van der Waals surface area contributed by atoms with Crippen LogP contribution in [-0.4, -0.2) is 6.61 Å². The van der Waals surface area contributed by atoms with Gasteiger partial charge in [-0.05, 0) is 62.7 Å². The molecule has 0 bridgehead atoms. The second-order valence-electron chi connectivity index (χ2n) is 7.12. The molecule has 0 saturated heterocycles. The van der Waals surface area contributed by atoms with Crippen molar-refractivity contribution in [3.8, 4) is 0 Å². The molecule has 0 radical (unpaired) electrons. The summed E-state index contributed by atoms with van der Waals surface area (Å²) in [7, 11) is 0. The largest absolute Gasteiger partial charge is 0.372 e. The van der Waals surface area contributed by atoms with Crippen LogP contribution in [0.5, 0.6) is 0 Å². The lowest BCUT2D eigenvalue weighted by Crippen LogP contribution is -2.10. The van der Waals surface area contributed by atoms with Crippen LogP contribution in [0.25, 0.3) is 0 Å². The van der Waals surface area contributed by atoms with Crippen molar-refractivity contribution < 1.29 is 4.74 Å². The normalized spacial score (nSPS) is 10.6. The van der Waals surface area contributed by atoms with Gasteiger partial charge in [0.05, 0.1) is 13.2 Å². The lowest BCUT2D eigenvalue weighted by Gasteiger charge is -2.26. The Hall–Kier alpha value is -2.84. The second-order valence-corrected chi connectivity index (χ2v) is 7.12. The summed E-state index contributed by atoms with van der Waals surface area (Å²) in [5.74, 6) is 0. The number of aryl methyl sites for hydroxylation is 2. The van der Waals surface area contributed by atoms with Crippen LogP contribution < -0.4 is 4.90 Å². The molecule has 3 rings (SSSR count). The molecular formula is C25H27NO. The van der Waals surface area contributed by atoms with Crippen LogP contribution in [0.15, 0.2) is 84.9 Å².